The molecule has 0 N–H and O–H groups in total. The molecule has 19 heavy (non-hydrogen) atoms. The molecule has 2 heterocycles. The van der Waals surface area contributed by atoms with Crippen LogP contribution in [0.4, 0.5) is 0 Å². The van der Waals surface area contributed by atoms with Crippen molar-refractivity contribution in [1.82, 2.24) is 0 Å². The maximum atomic E-state index is 2.40. The third-order valence-electron chi connectivity index (χ3n) is 4.37. The van der Waals surface area contributed by atoms with Crippen LogP contribution < -0.4 is 4.57 Å². The van der Waals surface area contributed by atoms with Crippen molar-refractivity contribution in [2.75, 3.05) is 0 Å². The molecule has 88 valence electrons. The molecule has 0 bridgehead atoms. The van der Waals surface area contributed by atoms with E-state index in [0.717, 1.165) is 0 Å². The summed E-state index contributed by atoms with van der Waals surface area (Å²) >= 11 is 0. The van der Waals surface area contributed by atoms with Gasteiger partial charge in [-0.15, -0.1) is 0 Å². The number of hydrogen-bond donors (Lipinski definition) is 0. The van der Waals surface area contributed by atoms with Gasteiger partial charge >= 0.3 is 0 Å². The van der Waals surface area contributed by atoms with Crippen molar-refractivity contribution in [1.29, 1.82) is 0 Å². The van der Waals surface area contributed by atoms with Crippen LogP contribution in [0.1, 0.15) is 17.2 Å². The van der Waals surface area contributed by atoms with Crippen molar-refractivity contribution in [3.63, 3.8) is 0 Å². The van der Waals surface area contributed by atoms with Gasteiger partial charge in [-0.1, -0.05) is 36.4 Å². The first kappa shape index (κ1) is 9.51. The quantitative estimate of drug-likeness (QED) is 0.365. The van der Waals surface area contributed by atoms with Crippen molar-refractivity contribution in [2.24, 2.45) is 0 Å². The fraction of sp³-hybridized carbons (Fsp3) is 0.0556. The van der Waals surface area contributed by atoms with E-state index in [9.17, 15) is 0 Å². The van der Waals surface area contributed by atoms with Gasteiger partial charge in [0.1, 0.15) is 0 Å². The lowest BCUT2D eigenvalue weighted by Crippen LogP contribution is -2.37. The summed E-state index contributed by atoms with van der Waals surface area (Å²) in [6.07, 6.45) is 2.20. The molecule has 5 rings (SSSR count). The summed E-state index contributed by atoms with van der Waals surface area (Å²) in [6, 6.07) is 22.3. The molecule has 0 radical (unpaired) electrons. The normalized spacial score (nSPS) is 16.9. The van der Waals surface area contributed by atoms with Gasteiger partial charge in [0.2, 0.25) is 11.7 Å². The number of hydrogen-bond acceptors (Lipinski definition) is 0. The minimum Gasteiger partial charge on any atom is -0.187 e. The Morgan fingerprint density at radius 3 is 2.47 bits per heavy atom. The Labute approximate surface area is 111 Å². The first-order chi connectivity index (χ1) is 9.45. The van der Waals surface area contributed by atoms with E-state index in [1.165, 1.54) is 33.5 Å². The van der Waals surface area contributed by atoms with Crippen LogP contribution in [0.3, 0.4) is 0 Å². The molecule has 1 nitrogen and oxygen atoms in total. The number of fused-ring (bicyclic) bond motifs is 6. The number of rotatable bonds is 0. The largest absolute Gasteiger partial charge is 0.213 e. The molecule has 1 aliphatic heterocycles. The average Bonchev–Trinajstić information content (AvgIpc) is 2.99. The lowest BCUT2D eigenvalue weighted by molar-refractivity contribution is -0.688. The van der Waals surface area contributed by atoms with Crippen molar-refractivity contribution < 1.29 is 4.57 Å². The average molecular weight is 242 g/mol. The second-order valence-electron chi connectivity index (χ2n) is 5.25. The highest BCUT2D eigenvalue weighted by molar-refractivity contribution is 5.86. The number of benzene rings is 2. The smallest absolute Gasteiger partial charge is 0.187 e. The molecule has 1 aliphatic carbocycles. The van der Waals surface area contributed by atoms with Crippen LogP contribution >= 0.6 is 0 Å². The van der Waals surface area contributed by atoms with E-state index in [1.807, 2.05) is 0 Å². The van der Waals surface area contributed by atoms with E-state index in [2.05, 4.69) is 71.4 Å². The van der Waals surface area contributed by atoms with Crippen LogP contribution in [-0.2, 0) is 0 Å². The highest BCUT2D eigenvalue weighted by Crippen LogP contribution is 2.50. The summed E-state index contributed by atoms with van der Waals surface area (Å²) in [5.41, 5.74) is 8.43. The van der Waals surface area contributed by atoms with Gasteiger partial charge in [0.05, 0.1) is 5.56 Å². The first-order valence-electron chi connectivity index (χ1n) is 6.68. The van der Waals surface area contributed by atoms with Crippen molar-refractivity contribution in [3.05, 3.63) is 78.0 Å². The molecule has 0 spiro atoms. The lowest BCUT2D eigenvalue weighted by atomic mass is 10.0. The van der Waals surface area contributed by atoms with Crippen LogP contribution in [0, 0.1) is 0 Å². The van der Waals surface area contributed by atoms with Gasteiger partial charge < -0.3 is 0 Å². The SMILES string of the molecule is c1ccc2c(c1)-c1cccc3c1C2[n+]1ccccc1-3. The molecule has 0 saturated heterocycles. The maximum absolute atomic E-state index is 2.40. The van der Waals surface area contributed by atoms with Gasteiger partial charge in [-0.2, -0.15) is 4.57 Å². The van der Waals surface area contributed by atoms with Gasteiger partial charge in [0.15, 0.2) is 6.20 Å². The summed E-state index contributed by atoms with van der Waals surface area (Å²) in [4.78, 5) is 0. The van der Waals surface area contributed by atoms with Gasteiger partial charge in [0.25, 0.3) is 0 Å². The van der Waals surface area contributed by atoms with Gasteiger partial charge in [-0.05, 0) is 23.3 Å². The Balaban J connectivity index is 1.99. The van der Waals surface area contributed by atoms with Crippen LogP contribution in [0.25, 0.3) is 22.4 Å². The molecule has 1 heteroatoms. The zero-order valence-electron chi connectivity index (χ0n) is 10.4. The van der Waals surface area contributed by atoms with E-state index in [-0.39, 0.29) is 0 Å². The summed E-state index contributed by atoms with van der Waals surface area (Å²) in [6.45, 7) is 0. The maximum Gasteiger partial charge on any atom is 0.213 e. The van der Waals surface area contributed by atoms with E-state index >= 15 is 0 Å². The van der Waals surface area contributed by atoms with E-state index in [4.69, 9.17) is 0 Å². The Morgan fingerprint density at radius 1 is 0.684 bits per heavy atom. The first-order valence-corrected chi connectivity index (χ1v) is 6.68. The second kappa shape index (κ2) is 3.12. The Morgan fingerprint density at radius 2 is 1.47 bits per heavy atom. The summed E-state index contributed by atoms with van der Waals surface area (Å²) in [5, 5.41) is 0. The third-order valence-corrected chi connectivity index (χ3v) is 4.37. The molecule has 1 aromatic heterocycles. The molecule has 1 atom stereocenters. The monoisotopic (exact) mass is 242 g/mol. The van der Waals surface area contributed by atoms with E-state index in [0.29, 0.717) is 6.04 Å². The third kappa shape index (κ3) is 1.00. The standard InChI is InChI=1S/C18H12N/c1-2-7-14-12(6-1)13-8-5-9-15-16-10-3-4-11-19(16)18(14)17(13)15/h1-11,18H/q+1. The predicted octanol–water partition coefficient (Wildman–Crippen LogP) is 3.57. The molecule has 3 aromatic rings. The lowest BCUT2D eigenvalue weighted by Gasteiger charge is -2.04. The van der Waals surface area contributed by atoms with Crippen molar-refractivity contribution in [2.45, 2.75) is 6.04 Å². The number of pyridine rings is 1. The zero-order chi connectivity index (χ0) is 12.4. The molecule has 0 saturated carbocycles. The van der Waals surface area contributed by atoms with Crippen LogP contribution in [-0.4, -0.2) is 0 Å². The highest BCUT2D eigenvalue weighted by Gasteiger charge is 2.44. The Kier molecular flexibility index (Phi) is 1.56. The molecule has 0 amide bonds. The van der Waals surface area contributed by atoms with Crippen molar-refractivity contribution in [3.8, 4) is 22.4 Å². The van der Waals surface area contributed by atoms with E-state index in [1.54, 1.807) is 0 Å². The second-order valence-corrected chi connectivity index (χ2v) is 5.25. The number of aromatic nitrogens is 1. The molecular weight excluding hydrogens is 230 g/mol. The minimum absolute atomic E-state index is 0.374. The highest BCUT2D eigenvalue weighted by atomic mass is 15.0. The van der Waals surface area contributed by atoms with Gasteiger partial charge in [-0.3, -0.25) is 0 Å². The summed E-state index contributed by atoms with van der Waals surface area (Å²) in [5.74, 6) is 0. The summed E-state index contributed by atoms with van der Waals surface area (Å²) < 4.78 is 2.40. The molecular formula is C18H12N+. The fourth-order valence-electron chi connectivity index (χ4n) is 3.65. The van der Waals surface area contributed by atoms with Crippen molar-refractivity contribution >= 4 is 0 Å². The van der Waals surface area contributed by atoms with E-state index < -0.39 is 0 Å². The molecule has 2 aliphatic rings. The number of nitrogens with zero attached hydrogens (tertiary/aromatic N) is 1. The predicted molar refractivity (Wildman–Crippen MR) is 74.8 cm³/mol. The summed E-state index contributed by atoms with van der Waals surface area (Å²) in [7, 11) is 0. The van der Waals surface area contributed by atoms with Gasteiger partial charge in [-0.25, -0.2) is 0 Å². The fourth-order valence-corrected chi connectivity index (χ4v) is 3.65. The Bertz CT molecular complexity index is 767. The Hall–Kier alpha value is -2.41. The van der Waals surface area contributed by atoms with Crippen LogP contribution in [0.2, 0.25) is 0 Å². The van der Waals surface area contributed by atoms with Crippen LogP contribution in [0.5, 0.6) is 0 Å². The molecule has 1 unspecified atom stereocenters. The minimum atomic E-state index is 0.374. The molecule has 0 fully saturated rings. The van der Waals surface area contributed by atoms with Gasteiger partial charge in [0, 0.05) is 23.3 Å². The topological polar surface area (TPSA) is 3.88 Å². The van der Waals surface area contributed by atoms with Crippen LogP contribution in [0.15, 0.2) is 66.9 Å². The molecule has 2 aromatic carbocycles. The zero-order valence-corrected chi connectivity index (χ0v) is 10.4.